The number of rotatable bonds is 5. The van der Waals surface area contributed by atoms with Crippen LogP contribution in [0.15, 0.2) is 72.8 Å². The molecular formula is C36H42B2O2. The molecule has 0 atom stereocenters. The molecule has 0 unspecified atom stereocenters. The summed E-state index contributed by atoms with van der Waals surface area (Å²) in [6, 6.07) is 27.1. The molecule has 40 heavy (non-hydrogen) atoms. The summed E-state index contributed by atoms with van der Waals surface area (Å²) in [5.74, 6) is 0. The lowest BCUT2D eigenvalue weighted by Crippen LogP contribution is -2.55. The molecule has 4 aromatic carbocycles. The van der Waals surface area contributed by atoms with Crippen molar-refractivity contribution in [3.05, 3.63) is 106 Å². The van der Waals surface area contributed by atoms with Crippen LogP contribution >= 0.6 is 0 Å². The fourth-order valence-corrected chi connectivity index (χ4v) is 6.45. The second kappa shape index (κ2) is 10.4. The fraction of sp³-hybridized carbons (Fsp3) is 0.333. The molecular weight excluding hydrogens is 486 g/mol. The van der Waals surface area contributed by atoms with Crippen molar-refractivity contribution in [2.45, 2.75) is 80.4 Å². The van der Waals surface area contributed by atoms with E-state index < -0.39 is 0 Å². The Hall–Kier alpha value is -3.07. The molecule has 4 heteroatoms. The number of hydrogen-bond acceptors (Lipinski definition) is 2. The van der Waals surface area contributed by atoms with Crippen LogP contribution < -0.4 is 21.9 Å². The highest BCUT2D eigenvalue weighted by Crippen LogP contribution is 2.36. The Morgan fingerprint density at radius 1 is 0.525 bits per heavy atom. The van der Waals surface area contributed by atoms with E-state index >= 15 is 0 Å². The van der Waals surface area contributed by atoms with Gasteiger partial charge in [-0.15, -0.1) is 0 Å². The monoisotopic (exact) mass is 528 g/mol. The summed E-state index contributed by atoms with van der Waals surface area (Å²) in [5.41, 5.74) is 14.9. The van der Waals surface area contributed by atoms with Gasteiger partial charge in [0.2, 0.25) is 6.71 Å². The lowest BCUT2D eigenvalue weighted by atomic mass is 9.34. The lowest BCUT2D eigenvalue weighted by Gasteiger charge is -2.32. The van der Waals surface area contributed by atoms with Crippen LogP contribution in [0.25, 0.3) is 11.1 Å². The molecule has 1 saturated heterocycles. The van der Waals surface area contributed by atoms with E-state index in [4.69, 9.17) is 9.31 Å². The van der Waals surface area contributed by atoms with Crippen molar-refractivity contribution >= 4 is 35.7 Å². The highest BCUT2D eigenvalue weighted by atomic mass is 16.7. The molecule has 4 aromatic rings. The zero-order valence-electron chi connectivity index (χ0n) is 25.9. The topological polar surface area (TPSA) is 18.5 Å². The largest absolute Gasteiger partial charge is 0.494 e. The molecule has 1 aliphatic heterocycles. The van der Waals surface area contributed by atoms with Crippen LogP contribution in [0.5, 0.6) is 0 Å². The van der Waals surface area contributed by atoms with Crippen LogP contribution in [0.2, 0.25) is 0 Å². The fourth-order valence-electron chi connectivity index (χ4n) is 6.45. The van der Waals surface area contributed by atoms with Crippen LogP contribution in [0, 0.1) is 41.5 Å². The summed E-state index contributed by atoms with van der Waals surface area (Å²) in [4.78, 5) is 0. The first-order valence-corrected chi connectivity index (χ1v) is 14.5. The van der Waals surface area contributed by atoms with E-state index in [1.54, 1.807) is 0 Å². The van der Waals surface area contributed by atoms with Gasteiger partial charge in [0.25, 0.3) is 0 Å². The van der Waals surface area contributed by atoms with Gasteiger partial charge >= 0.3 is 7.12 Å². The molecule has 0 radical (unpaired) electrons. The summed E-state index contributed by atoms with van der Waals surface area (Å²) < 4.78 is 12.5. The zero-order valence-corrected chi connectivity index (χ0v) is 25.9. The normalized spacial score (nSPS) is 15.9. The van der Waals surface area contributed by atoms with Crippen molar-refractivity contribution in [1.82, 2.24) is 0 Å². The zero-order chi connectivity index (χ0) is 29.0. The predicted octanol–water partition coefficient (Wildman–Crippen LogP) is 6.02. The summed E-state index contributed by atoms with van der Waals surface area (Å²) in [6.07, 6.45) is 0. The maximum atomic E-state index is 6.25. The SMILES string of the molecule is Cc1cc(C)c(B(c2ccc(-c3ccc(B4OC(C)(C)C(C)(C)O4)cc3)cc2)c2c(C)cc(C)cc2C)c(C)c1. The third-order valence-electron chi connectivity index (χ3n) is 9.07. The molecule has 204 valence electrons. The molecule has 0 spiro atoms. The number of hydrogen-bond donors (Lipinski definition) is 0. The van der Waals surface area contributed by atoms with Gasteiger partial charge < -0.3 is 9.31 Å². The highest BCUT2D eigenvalue weighted by molar-refractivity contribution is 6.96. The predicted molar refractivity (Wildman–Crippen MR) is 174 cm³/mol. The molecule has 1 heterocycles. The maximum Gasteiger partial charge on any atom is 0.494 e. The van der Waals surface area contributed by atoms with E-state index in [0.717, 1.165) is 5.46 Å². The van der Waals surface area contributed by atoms with Gasteiger partial charge in [-0.25, -0.2) is 0 Å². The van der Waals surface area contributed by atoms with Crippen molar-refractivity contribution in [2.75, 3.05) is 0 Å². The van der Waals surface area contributed by atoms with Crippen LogP contribution in [0.1, 0.15) is 61.1 Å². The second-order valence-corrected chi connectivity index (χ2v) is 12.9. The minimum absolute atomic E-state index is 0.181. The second-order valence-electron chi connectivity index (χ2n) is 12.9. The Kier molecular flexibility index (Phi) is 7.40. The molecule has 0 bridgehead atoms. The molecule has 0 aliphatic carbocycles. The Morgan fingerprint density at radius 2 is 0.875 bits per heavy atom. The number of aryl methyl sites for hydroxylation is 6. The van der Waals surface area contributed by atoms with E-state index in [0.29, 0.717) is 0 Å². The van der Waals surface area contributed by atoms with Crippen molar-refractivity contribution < 1.29 is 9.31 Å². The molecule has 0 saturated carbocycles. The first-order chi connectivity index (χ1) is 18.8. The van der Waals surface area contributed by atoms with Crippen molar-refractivity contribution in [1.29, 1.82) is 0 Å². The average Bonchev–Trinajstić information content (AvgIpc) is 3.08. The van der Waals surface area contributed by atoms with Crippen LogP contribution in [0.4, 0.5) is 0 Å². The summed E-state index contributed by atoms with van der Waals surface area (Å²) in [5, 5.41) is 0. The van der Waals surface area contributed by atoms with E-state index in [1.165, 1.54) is 60.9 Å². The van der Waals surface area contributed by atoms with Gasteiger partial charge in [-0.1, -0.05) is 123 Å². The van der Waals surface area contributed by atoms with Crippen LogP contribution in [-0.2, 0) is 9.31 Å². The minimum atomic E-state index is -0.343. The highest BCUT2D eigenvalue weighted by Gasteiger charge is 2.51. The quantitative estimate of drug-likeness (QED) is 0.295. The van der Waals surface area contributed by atoms with E-state index in [1.807, 2.05) is 0 Å². The standard InChI is InChI=1S/C36H42B2O2/c1-23-19-25(3)33(26(4)20-23)37(34-27(5)21-24(2)22-28(34)6)31-15-11-29(12-16-31)30-13-17-32(18-14-30)38-39-35(7,8)36(9,10)40-38/h11-22H,1-10H3. The van der Waals surface area contributed by atoms with E-state index in [2.05, 4.69) is 142 Å². The summed E-state index contributed by atoms with van der Waals surface area (Å²) >= 11 is 0. The Bertz CT molecular complexity index is 1430. The van der Waals surface area contributed by atoms with Gasteiger partial charge in [-0.2, -0.15) is 0 Å². The smallest absolute Gasteiger partial charge is 0.399 e. The van der Waals surface area contributed by atoms with Gasteiger partial charge in [0.15, 0.2) is 0 Å². The van der Waals surface area contributed by atoms with Crippen LogP contribution in [-0.4, -0.2) is 25.0 Å². The Morgan fingerprint density at radius 3 is 1.25 bits per heavy atom. The summed E-state index contributed by atoms with van der Waals surface area (Å²) in [6.45, 7) is 22.0. The van der Waals surface area contributed by atoms with Crippen LogP contribution in [0.3, 0.4) is 0 Å². The summed E-state index contributed by atoms with van der Waals surface area (Å²) in [7, 11) is -0.343. The van der Waals surface area contributed by atoms with Gasteiger partial charge in [0.1, 0.15) is 0 Å². The Labute approximate surface area is 242 Å². The van der Waals surface area contributed by atoms with Crippen molar-refractivity contribution in [2.24, 2.45) is 0 Å². The first-order valence-electron chi connectivity index (χ1n) is 14.5. The van der Waals surface area contributed by atoms with Gasteiger partial charge in [0.05, 0.1) is 11.2 Å². The van der Waals surface area contributed by atoms with E-state index in [9.17, 15) is 0 Å². The third-order valence-corrected chi connectivity index (χ3v) is 9.07. The third kappa shape index (κ3) is 5.20. The van der Waals surface area contributed by atoms with Gasteiger partial charge in [0, 0.05) is 0 Å². The molecule has 0 aromatic heterocycles. The van der Waals surface area contributed by atoms with Crippen molar-refractivity contribution in [3.8, 4) is 11.1 Å². The first kappa shape index (κ1) is 28.5. The van der Waals surface area contributed by atoms with E-state index in [-0.39, 0.29) is 25.0 Å². The van der Waals surface area contributed by atoms with Crippen molar-refractivity contribution in [3.63, 3.8) is 0 Å². The molecule has 1 fully saturated rings. The average molecular weight is 528 g/mol. The maximum absolute atomic E-state index is 6.25. The Balaban J connectivity index is 1.51. The molecule has 2 nitrogen and oxygen atoms in total. The molecule has 1 aliphatic rings. The lowest BCUT2D eigenvalue weighted by molar-refractivity contribution is 0.00578. The van der Waals surface area contributed by atoms with Gasteiger partial charge in [-0.3, -0.25) is 0 Å². The minimum Gasteiger partial charge on any atom is -0.399 e. The number of benzene rings is 4. The molecule has 0 N–H and O–H groups in total. The molecule has 5 rings (SSSR count). The van der Waals surface area contributed by atoms with Gasteiger partial charge in [-0.05, 0) is 85.8 Å². The molecule has 0 amide bonds.